The third-order valence-corrected chi connectivity index (χ3v) is 7.27. The van der Waals surface area contributed by atoms with Crippen LogP contribution in [0.5, 0.6) is 0 Å². The van der Waals surface area contributed by atoms with Gasteiger partial charge in [-0.15, -0.1) is 0 Å². The number of nitrogens with zero attached hydrogens (tertiary/aromatic N) is 2. The van der Waals surface area contributed by atoms with E-state index in [-0.39, 0.29) is 5.91 Å². The smallest absolute Gasteiger partial charge is 0.229 e. The fraction of sp³-hybridized carbons (Fsp3) is 0.346. The molecule has 3 N–H and O–H groups in total. The summed E-state index contributed by atoms with van der Waals surface area (Å²) in [6.07, 6.45) is 7.90. The van der Waals surface area contributed by atoms with Crippen molar-refractivity contribution in [1.82, 2.24) is 9.97 Å². The van der Waals surface area contributed by atoms with E-state index in [2.05, 4.69) is 34.0 Å². The van der Waals surface area contributed by atoms with E-state index in [0.717, 1.165) is 56.7 Å². The van der Waals surface area contributed by atoms with Crippen LogP contribution in [0.15, 0.2) is 42.5 Å². The maximum Gasteiger partial charge on any atom is 0.229 e. The Balaban J connectivity index is 1.46. The zero-order valence-electron chi connectivity index (χ0n) is 18.0. The summed E-state index contributed by atoms with van der Waals surface area (Å²) in [5, 5.41) is 3.10. The van der Waals surface area contributed by atoms with Crippen molar-refractivity contribution in [2.75, 3.05) is 11.1 Å². The van der Waals surface area contributed by atoms with Crippen molar-refractivity contribution >= 4 is 40.0 Å². The van der Waals surface area contributed by atoms with Crippen molar-refractivity contribution in [3.63, 3.8) is 0 Å². The van der Waals surface area contributed by atoms with E-state index >= 15 is 0 Å². The fourth-order valence-corrected chi connectivity index (χ4v) is 5.25. The molecule has 5 rings (SSSR count). The number of nitrogens with two attached hydrogens (primary N) is 1. The van der Waals surface area contributed by atoms with E-state index in [4.69, 9.17) is 15.7 Å². The molecule has 2 aliphatic carbocycles. The third kappa shape index (κ3) is 4.65. The molecule has 0 saturated heterocycles. The van der Waals surface area contributed by atoms with Gasteiger partial charge in [0.1, 0.15) is 0 Å². The van der Waals surface area contributed by atoms with Crippen molar-refractivity contribution in [2.45, 2.75) is 51.4 Å². The van der Waals surface area contributed by atoms with Gasteiger partial charge in [-0.3, -0.25) is 4.79 Å². The first-order chi connectivity index (χ1) is 15.5. The molecule has 0 atom stereocenters. The summed E-state index contributed by atoms with van der Waals surface area (Å²) in [6, 6.07) is 14.1. The van der Waals surface area contributed by atoms with Crippen molar-refractivity contribution in [2.24, 2.45) is 5.92 Å². The van der Waals surface area contributed by atoms with E-state index < -0.39 is 0 Å². The molecule has 0 aliphatic heterocycles. The van der Waals surface area contributed by atoms with Crippen LogP contribution in [-0.2, 0) is 30.5 Å². The lowest BCUT2D eigenvalue weighted by Crippen LogP contribution is -2.20. The van der Waals surface area contributed by atoms with Crippen molar-refractivity contribution in [1.29, 1.82) is 0 Å². The van der Waals surface area contributed by atoms with Crippen LogP contribution < -0.4 is 11.1 Å². The number of aryl methyl sites for hydroxylation is 2. The molecule has 1 saturated carbocycles. The first-order valence-corrected chi connectivity index (χ1v) is 12.5. The molecule has 1 aromatic heterocycles. The standard InChI is InChI=1S/C26H27IN4O/c27-19-8-5-17(6-9-19)14-24(32)31-26-23(13-16-3-1-2-4-16)29-25-21-11-10-20(28)15-18(21)7-12-22(25)30-26/h5-6,8-11,15-16H,1-4,7,12-14,28H2,(H,30,31,32). The van der Waals surface area contributed by atoms with Gasteiger partial charge in [0.2, 0.25) is 5.91 Å². The summed E-state index contributed by atoms with van der Waals surface area (Å²) < 4.78 is 1.16. The number of benzene rings is 2. The number of carbonyl (C=O) groups is 1. The summed E-state index contributed by atoms with van der Waals surface area (Å²) >= 11 is 2.27. The summed E-state index contributed by atoms with van der Waals surface area (Å²) in [4.78, 5) is 22.9. The number of rotatable bonds is 5. The van der Waals surface area contributed by atoms with E-state index in [1.807, 2.05) is 36.4 Å². The predicted molar refractivity (Wildman–Crippen MR) is 136 cm³/mol. The molecule has 164 valence electrons. The Morgan fingerprint density at radius 1 is 1.06 bits per heavy atom. The molecular weight excluding hydrogens is 511 g/mol. The summed E-state index contributed by atoms with van der Waals surface area (Å²) in [6.45, 7) is 0. The van der Waals surface area contributed by atoms with E-state index in [0.29, 0.717) is 18.2 Å². The van der Waals surface area contributed by atoms with Gasteiger partial charge < -0.3 is 11.1 Å². The molecule has 2 aromatic carbocycles. The maximum atomic E-state index is 12.9. The minimum Gasteiger partial charge on any atom is -0.399 e. The molecule has 32 heavy (non-hydrogen) atoms. The number of aromatic nitrogens is 2. The van der Waals surface area contributed by atoms with Gasteiger partial charge in [-0.1, -0.05) is 43.9 Å². The van der Waals surface area contributed by atoms with Crippen LogP contribution >= 0.6 is 22.6 Å². The molecule has 1 heterocycles. The van der Waals surface area contributed by atoms with Crippen molar-refractivity contribution in [3.8, 4) is 11.3 Å². The van der Waals surface area contributed by atoms with E-state index in [9.17, 15) is 4.79 Å². The Morgan fingerprint density at radius 2 is 1.84 bits per heavy atom. The van der Waals surface area contributed by atoms with Gasteiger partial charge >= 0.3 is 0 Å². The Labute approximate surface area is 202 Å². The van der Waals surface area contributed by atoms with Crippen molar-refractivity contribution in [3.05, 3.63) is 68.5 Å². The number of anilines is 2. The lowest BCUT2D eigenvalue weighted by atomic mass is 9.91. The number of carbonyl (C=O) groups excluding carboxylic acids is 1. The zero-order valence-corrected chi connectivity index (χ0v) is 20.2. The summed E-state index contributed by atoms with van der Waals surface area (Å²) in [7, 11) is 0. The van der Waals surface area contributed by atoms with Gasteiger partial charge in [0.05, 0.1) is 23.5 Å². The van der Waals surface area contributed by atoms with Crippen LogP contribution in [0.25, 0.3) is 11.3 Å². The van der Waals surface area contributed by atoms with Crippen LogP contribution in [0.2, 0.25) is 0 Å². The molecular formula is C26H27IN4O. The Bertz CT molecular complexity index is 1150. The molecule has 1 fully saturated rings. The monoisotopic (exact) mass is 538 g/mol. The number of fused-ring (bicyclic) bond motifs is 3. The Kier molecular flexibility index (Phi) is 6.13. The molecule has 0 unspecified atom stereocenters. The fourth-order valence-electron chi connectivity index (χ4n) is 4.89. The topological polar surface area (TPSA) is 80.9 Å². The van der Waals surface area contributed by atoms with Crippen LogP contribution in [-0.4, -0.2) is 15.9 Å². The second-order valence-corrected chi connectivity index (χ2v) is 10.2. The lowest BCUT2D eigenvalue weighted by Gasteiger charge is -2.22. The highest BCUT2D eigenvalue weighted by Crippen LogP contribution is 2.35. The first kappa shape index (κ1) is 21.4. The molecule has 0 bridgehead atoms. The van der Waals surface area contributed by atoms with Crippen molar-refractivity contribution < 1.29 is 4.79 Å². The third-order valence-electron chi connectivity index (χ3n) is 6.55. The van der Waals surface area contributed by atoms with Gasteiger partial charge in [0.25, 0.3) is 0 Å². The molecule has 2 aliphatic rings. The van der Waals surface area contributed by atoms with Crippen LogP contribution in [0.3, 0.4) is 0 Å². The van der Waals surface area contributed by atoms with Gasteiger partial charge in [-0.05, 0) is 83.2 Å². The van der Waals surface area contributed by atoms with E-state index in [1.165, 1.54) is 31.2 Å². The zero-order chi connectivity index (χ0) is 22.1. The largest absolute Gasteiger partial charge is 0.399 e. The van der Waals surface area contributed by atoms with Gasteiger partial charge in [-0.2, -0.15) is 0 Å². The highest BCUT2D eigenvalue weighted by Gasteiger charge is 2.25. The predicted octanol–water partition coefficient (Wildman–Crippen LogP) is 5.34. The number of nitrogen functional groups attached to an aromatic ring is 1. The minimum absolute atomic E-state index is 0.0443. The van der Waals surface area contributed by atoms with Crippen LogP contribution in [0, 0.1) is 9.49 Å². The second kappa shape index (κ2) is 9.17. The number of hydrogen-bond acceptors (Lipinski definition) is 4. The maximum absolute atomic E-state index is 12.9. The molecule has 0 radical (unpaired) electrons. The number of amides is 1. The number of hydrogen-bond donors (Lipinski definition) is 2. The van der Waals surface area contributed by atoms with Crippen LogP contribution in [0.1, 0.15) is 48.2 Å². The second-order valence-electron chi connectivity index (χ2n) is 8.94. The van der Waals surface area contributed by atoms with Crippen LogP contribution in [0.4, 0.5) is 11.5 Å². The molecule has 0 spiro atoms. The summed E-state index contributed by atoms with van der Waals surface area (Å²) in [5.74, 6) is 1.21. The molecule has 1 amide bonds. The van der Waals surface area contributed by atoms with Gasteiger partial charge in [0, 0.05) is 14.8 Å². The minimum atomic E-state index is -0.0443. The van der Waals surface area contributed by atoms with Gasteiger partial charge in [0.15, 0.2) is 5.82 Å². The average molecular weight is 538 g/mol. The molecule has 5 nitrogen and oxygen atoms in total. The highest BCUT2D eigenvalue weighted by atomic mass is 127. The normalized spacial score (nSPS) is 15.3. The average Bonchev–Trinajstić information content (AvgIpc) is 3.29. The SMILES string of the molecule is Nc1ccc2c(c1)CCc1nc(NC(=O)Cc3ccc(I)cc3)c(CC3CCCC3)nc1-2. The van der Waals surface area contributed by atoms with Gasteiger partial charge in [-0.25, -0.2) is 9.97 Å². The number of nitrogens with one attached hydrogen (secondary N) is 1. The highest BCUT2D eigenvalue weighted by molar-refractivity contribution is 14.1. The molecule has 6 heteroatoms. The molecule has 3 aromatic rings. The Hall–Kier alpha value is -2.48. The Morgan fingerprint density at radius 3 is 2.62 bits per heavy atom. The van der Waals surface area contributed by atoms with E-state index in [1.54, 1.807) is 0 Å². The lowest BCUT2D eigenvalue weighted by molar-refractivity contribution is -0.115. The quantitative estimate of drug-likeness (QED) is 0.340. The first-order valence-electron chi connectivity index (χ1n) is 11.4. The summed E-state index contributed by atoms with van der Waals surface area (Å²) in [5.41, 5.74) is 13.0. The number of halogens is 1.